The highest BCUT2D eigenvalue weighted by molar-refractivity contribution is 7.10. The Labute approximate surface area is 111 Å². The smallest absolute Gasteiger partial charge is 0.357 e. The van der Waals surface area contributed by atoms with Crippen molar-refractivity contribution in [1.82, 2.24) is 4.98 Å². The molecule has 0 fully saturated rings. The molecule has 6 heteroatoms. The first-order valence-electron chi connectivity index (χ1n) is 5.98. The van der Waals surface area contributed by atoms with Crippen molar-refractivity contribution in [3.05, 3.63) is 16.1 Å². The molecule has 1 heterocycles. The standard InChI is InChI=1S/C12H19NO4S/c1-5-15-10(14)9-8-18-11(13-9)12(4,16-6-2)17-7-3/h8H,5-7H2,1-4H3. The molecule has 0 unspecified atom stereocenters. The second kappa shape index (κ2) is 6.82. The second-order valence-electron chi connectivity index (χ2n) is 3.57. The van der Waals surface area contributed by atoms with Gasteiger partial charge in [-0.1, -0.05) is 0 Å². The highest BCUT2D eigenvalue weighted by atomic mass is 32.1. The summed E-state index contributed by atoms with van der Waals surface area (Å²) in [5.41, 5.74) is 0.294. The zero-order valence-corrected chi connectivity index (χ0v) is 12.0. The van der Waals surface area contributed by atoms with E-state index < -0.39 is 11.8 Å². The quantitative estimate of drug-likeness (QED) is 0.564. The molecule has 18 heavy (non-hydrogen) atoms. The van der Waals surface area contributed by atoms with Gasteiger partial charge in [-0.15, -0.1) is 11.3 Å². The molecule has 0 radical (unpaired) electrons. The normalized spacial score (nSPS) is 11.6. The van der Waals surface area contributed by atoms with Crippen molar-refractivity contribution in [2.45, 2.75) is 33.5 Å². The fourth-order valence-electron chi connectivity index (χ4n) is 1.50. The summed E-state index contributed by atoms with van der Waals surface area (Å²) < 4.78 is 16.1. The summed E-state index contributed by atoms with van der Waals surface area (Å²) >= 11 is 1.33. The van der Waals surface area contributed by atoms with Gasteiger partial charge in [0.1, 0.15) is 0 Å². The third-order valence-corrected chi connectivity index (χ3v) is 3.24. The largest absolute Gasteiger partial charge is 0.461 e. The van der Waals surface area contributed by atoms with Crippen molar-refractivity contribution < 1.29 is 19.0 Å². The Bertz CT molecular complexity index is 385. The number of ether oxygens (including phenoxy) is 3. The molecule has 0 saturated heterocycles. The summed E-state index contributed by atoms with van der Waals surface area (Å²) in [5, 5.41) is 2.28. The first kappa shape index (κ1) is 15.1. The van der Waals surface area contributed by atoms with Crippen LogP contribution >= 0.6 is 11.3 Å². The Balaban J connectivity index is 2.90. The van der Waals surface area contributed by atoms with Gasteiger partial charge in [-0.3, -0.25) is 0 Å². The molecule has 0 bridgehead atoms. The number of esters is 1. The fourth-order valence-corrected chi connectivity index (χ4v) is 2.35. The lowest BCUT2D eigenvalue weighted by Crippen LogP contribution is -2.29. The maximum atomic E-state index is 11.5. The highest BCUT2D eigenvalue weighted by Gasteiger charge is 2.32. The average Bonchev–Trinajstić information content (AvgIpc) is 2.80. The van der Waals surface area contributed by atoms with Gasteiger partial charge in [0, 0.05) is 18.6 Å². The number of carbonyl (C=O) groups excluding carboxylic acids is 1. The van der Waals surface area contributed by atoms with Crippen LogP contribution < -0.4 is 0 Å². The Morgan fingerprint density at radius 2 is 1.89 bits per heavy atom. The van der Waals surface area contributed by atoms with Gasteiger partial charge < -0.3 is 14.2 Å². The van der Waals surface area contributed by atoms with E-state index in [1.807, 2.05) is 13.8 Å². The summed E-state index contributed by atoms with van der Waals surface area (Å²) in [7, 11) is 0. The molecule has 0 saturated carbocycles. The van der Waals surface area contributed by atoms with E-state index in [2.05, 4.69) is 4.98 Å². The number of hydrogen-bond donors (Lipinski definition) is 0. The van der Waals surface area contributed by atoms with Gasteiger partial charge in [0.25, 0.3) is 0 Å². The second-order valence-corrected chi connectivity index (χ2v) is 4.43. The minimum atomic E-state index is -0.904. The van der Waals surface area contributed by atoms with Crippen LogP contribution in [0.15, 0.2) is 5.38 Å². The minimum absolute atomic E-state index is 0.294. The van der Waals surface area contributed by atoms with E-state index in [0.717, 1.165) is 0 Å². The molecule has 0 aliphatic rings. The number of nitrogens with zero attached hydrogens (tertiary/aromatic N) is 1. The van der Waals surface area contributed by atoms with Crippen LogP contribution in [0.2, 0.25) is 0 Å². The van der Waals surface area contributed by atoms with E-state index in [9.17, 15) is 4.79 Å². The molecular formula is C12H19NO4S. The van der Waals surface area contributed by atoms with Crippen molar-refractivity contribution in [3.63, 3.8) is 0 Å². The predicted molar refractivity (Wildman–Crippen MR) is 68.7 cm³/mol. The maximum absolute atomic E-state index is 11.5. The van der Waals surface area contributed by atoms with Crippen LogP contribution in [-0.4, -0.2) is 30.8 Å². The third-order valence-electron chi connectivity index (χ3n) is 2.22. The zero-order valence-electron chi connectivity index (χ0n) is 11.2. The van der Waals surface area contributed by atoms with Crippen molar-refractivity contribution in [3.8, 4) is 0 Å². The van der Waals surface area contributed by atoms with E-state index in [0.29, 0.717) is 30.5 Å². The number of carbonyl (C=O) groups is 1. The first-order chi connectivity index (χ1) is 8.57. The van der Waals surface area contributed by atoms with Crippen LogP contribution in [0.5, 0.6) is 0 Å². The van der Waals surface area contributed by atoms with Crippen LogP contribution in [0.3, 0.4) is 0 Å². The van der Waals surface area contributed by atoms with E-state index in [1.165, 1.54) is 11.3 Å². The van der Waals surface area contributed by atoms with E-state index in [4.69, 9.17) is 14.2 Å². The van der Waals surface area contributed by atoms with Crippen LogP contribution in [0, 0.1) is 0 Å². The zero-order chi connectivity index (χ0) is 13.6. The van der Waals surface area contributed by atoms with Gasteiger partial charge in [0.05, 0.1) is 6.61 Å². The Morgan fingerprint density at radius 1 is 1.28 bits per heavy atom. The van der Waals surface area contributed by atoms with E-state index >= 15 is 0 Å². The fraction of sp³-hybridized carbons (Fsp3) is 0.667. The van der Waals surface area contributed by atoms with Crippen LogP contribution in [0.25, 0.3) is 0 Å². The summed E-state index contributed by atoms with van der Waals surface area (Å²) in [6.07, 6.45) is 0. The number of hydrogen-bond acceptors (Lipinski definition) is 6. The lowest BCUT2D eigenvalue weighted by atomic mass is 10.3. The van der Waals surface area contributed by atoms with E-state index in [-0.39, 0.29) is 0 Å². The summed E-state index contributed by atoms with van der Waals surface area (Å²) in [6, 6.07) is 0. The average molecular weight is 273 g/mol. The minimum Gasteiger partial charge on any atom is -0.461 e. The Morgan fingerprint density at radius 3 is 2.39 bits per heavy atom. The van der Waals surface area contributed by atoms with Crippen LogP contribution in [-0.2, 0) is 20.0 Å². The molecule has 5 nitrogen and oxygen atoms in total. The van der Waals surface area contributed by atoms with Gasteiger partial charge in [-0.05, 0) is 27.7 Å². The van der Waals surface area contributed by atoms with Crippen LogP contribution in [0.4, 0.5) is 0 Å². The summed E-state index contributed by atoms with van der Waals surface area (Å²) in [5.74, 6) is -1.32. The highest BCUT2D eigenvalue weighted by Crippen LogP contribution is 2.29. The van der Waals surface area contributed by atoms with Crippen molar-refractivity contribution in [2.24, 2.45) is 0 Å². The Hall–Kier alpha value is -0.980. The SMILES string of the molecule is CCOC(=O)c1csc(C(C)(OCC)OCC)n1. The van der Waals surface area contributed by atoms with Crippen molar-refractivity contribution in [1.29, 1.82) is 0 Å². The number of aromatic nitrogens is 1. The first-order valence-corrected chi connectivity index (χ1v) is 6.86. The van der Waals surface area contributed by atoms with E-state index in [1.54, 1.807) is 19.2 Å². The lowest BCUT2D eigenvalue weighted by Gasteiger charge is -2.26. The van der Waals surface area contributed by atoms with Crippen molar-refractivity contribution >= 4 is 17.3 Å². The van der Waals surface area contributed by atoms with Crippen molar-refractivity contribution in [2.75, 3.05) is 19.8 Å². The molecule has 0 atom stereocenters. The van der Waals surface area contributed by atoms with Gasteiger partial charge in [0.2, 0.25) is 5.79 Å². The van der Waals surface area contributed by atoms with Crippen LogP contribution in [0.1, 0.15) is 43.2 Å². The molecule has 1 aromatic rings. The molecule has 0 N–H and O–H groups in total. The monoisotopic (exact) mass is 273 g/mol. The number of thiazole rings is 1. The van der Waals surface area contributed by atoms with Gasteiger partial charge in [0.15, 0.2) is 10.7 Å². The summed E-state index contributed by atoms with van der Waals surface area (Å²) in [4.78, 5) is 15.8. The molecule has 0 aromatic carbocycles. The lowest BCUT2D eigenvalue weighted by molar-refractivity contribution is -0.229. The molecule has 1 rings (SSSR count). The van der Waals surface area contributed by atoms with Gasteiger partial charge in [-0.2, -0.15) is 0 Å². The maximum Gasteiger partial charge on any atom is 0.357 e. The predicted octanol–water partition coefficient (Wildman–Crippen LogP) is 2.57. The van der Waals surface area contributed by atoms with Gasteiger partial charge in [-0.25, -0.2) is 9.78 Å². The molecule has 102 valence electrons. The molecule has 0 aliphatic carbocycles. The molecule has 0 spiro atoms. The molecule has 1 aromatic heterocycles. The van der Waals surface area contributed by atoms with Gasteiger partial charge >= 0.3 is 5.97 Å². The Kier molecular flexibility index (Phi) is 5.71. The number of rotatable bonds is 7. The molecular weight excluding hydrogens is 254 g/mol. The molecule has 0 aliphatic heterocycles. The third kappa shape index (κ3) is 3.51. The topological polar surface area (TPSA) is 57.7 Å². The molecule has 0 amide bonds. The summed E-state index contributed by atoms with van der Waals surface area (Å²) in [6.45, 7) is 8.67.